The Balaban J connectivity index is 2.21. The van der Waals surface area contributed by atoms with Crippen LogP contribution in [0.1, 0.15) is 30.6 Å². The van der Waals surface area contributed by atoms with Crippen LogP contribution in [0.15, 0.2) is 18.2 Å². The molecule has 1 aliphatic carbocycles. The van der Waals surface area contributed by atoms with Crippen LogP contribution in [0.25, 0.3) is 0 Å². The average Bonchev–Trinajstić information content (AvgIpc) is 2.42. The highest BCUT2D eigenvalue weighted by Gasteiger charge is 2.48. The van der Waals surface area contributed by atoms with Crippen LogP contribution in [-0.2, 0) is 4.74 Å². The molecule has 0 amide bonds. The zero-order valence-electron chi connectivity index (χ0n) is 12.1. The summed E-state index contributed by atoms with van der Waals surface area (Å²) in [5.41, 5.74) is -0.268. The number of ether oxygens (including phenoxy) is 1. The number of hydrogen-bond acceptors (Lipinski definition) is 5. The molecule has 0 heterocycles. The fraction of sp³-hybridized carbons (Fsp3) is 0.500. The van der Waals surface area contributed by atoms with Crippen molar-refractivity contribution >= 4 is 17.3 Å². The number of nitro groups is 1. The molecule has 2 N–H and O–H groups in total. The van der Waals surface area contributed by atoms with Crippen LogP contribution in [0.3, 0.4) is 0 Å². The number of nitrogens with zero attached hydrogens (tertiary/aromatic N) is 1. The first kappa shape index (κ1) is 15.2. The lowest BCUT2D eigenvalue weighted by Crippen LogP contribution is -2.57. The quantitative estimate of drug-likeness (QED) is 0.639. The Labute approximate surface area is 122 Å². The fourth-order valence-corrected chi connectivity index (χ4v) is 2.68. The number of rotatable bonds is 5. The Morgan fingerprint density at radius 2 is 2.19 bits per heavy atom. The van der Waals surface area contributed by atoms with Crippen LogP contribution in [0, 0.1) is 15.5 Å². The largest absolute Gasteiger partial charge is 0.477 e. The van der Waals surface area contributed by atoms with Gasteiger partial charge in [0.15, 0.2) is 0 Å². The van der Waals surface area contributed by atoms with Crippen molar-refractivity contribution in [1.82, 2.24) is 0 Å². The summed E-state index contributed by atoms with van der Waals surface area (Å²) >= 11 is 0. The number of benzene rings is 1. The van der Waals surface area contributed by atoms with Crippen LogP contribution in [0.4, 0.5) is 11.4 Å². The Hall–Kier alpha value is -2.15. The van der Waals surface area contributed by atoms with Crippen molar-refractivity contribution in [2.24, 2.45) is 5.41 Å². The van der Waals surface area contributed by atoms with Crippen LogP contribution < -0.4 is 5.32 Å². The summed E-state index contributed by atoms with van der Waals surface area (Å²) < 4.78 is 5.36. The number of hydrogen-bond donors (Lipinski definition) is 2. The minimum absolute atomic E-state index is 0.0883. The summed E-state index contributed by atoms with van der Waals surface area (Å²) in [6.45, 7) is 4.12. The van der Waals surface area contributed by atoms with E-state index in [1.165, 1.54) is 12.1 Å². The summed E-state index contributed by atoms with van der Waals surface area (Å²) in [5, 5.41) is 23.1. The molecule has 114 valence electrons. The third kappa shape index (κ3) is 2.69. The predicted octanol–water partition coefficient (Wildman–Crippen LogP) is 2.52. The van der Waals surface area contributed by atoms with Crippen LogP contribution in [0.2, 0.25) is 0 Å². The number of carboxylic acid groups (broad SMARTS) is 1. The molecular formula is C14H18N2O5. The average molecular weight is 294 g/mol. The third-order valence-electron chi connectivity index (χ3n) is 4.23. The molecule has 1 aromatic carbocycles. The van der Waals surface area contributed by atoms with E-state index < -0.39 is 16.6 Å². The van der Waals surface area contributed by atoms with Crippen molar-refractivity contribution in [2.45, 2.75) is 32.4 Å². The van der Waals surface area contributed by atoms with Gasteiger partial charge in [-0.1, -0.05) is 13.8 Å². The van der Waals surface area contributed by atoms with Crippen molar-refractivity contribution in [3.63, 3.8) is 0 Å². The van der Waals surface area contributed by atoms with Crippen molar-refractivity contribution in [2.75, 3.05) is 12.4 Å². The number of carbonyl (C=O) groups is 1. The Morgan fingerprint density at radius 3 is 2.67 bits per heavy atom. The molecule has 1 saturated carbocycles. The van der Waals surface area contributed by atoms with Gasteiger partial charge in [0.05, 0.1) is 11.0 Å². The highest BCUT2D eigenvalue weighted by molar-refractivity contribution is 5.93. The summed E-state index contributed by atoms with van der Waals surface area (Å²) in [6, 6.07) is 4.19. The highest BCUT2D eigenvalue weighted by atomic mass is 16.6. The molecule has 0 aromatic heterocycles. The number of anilines is 1. The van der Waals surface area contributed by atoms with E-state index in [1.54, 1.807) is 13.2 Å². The first-order valence-corrected chi connectivity index (χ1v) is 6.58. The molecule has 1 aromatic rings. The van der Waals surface area contributed by atoms with E-state index in [4.69, 9.17) is 9.84 Å². The first-order valence-electron chi connectivity index (χ1n) is 6.58. The van der Waals surface area contributed by atoms with E-state index in [-0.39, 0.29) is 23.1 Å². The van der Waals surface area contributed by atoms with E-state index in [9.17, 15) is 14.9 Å². The molecule has 0 spiro atoms. The zero-order valence-corrected chi connectivity index (χ0v) is 12.1. The molecule has 7 heteroatoms. The van der Waals surface area contributed by atoms with Crippen LogP contribution >= 0.6 is 0 Å². The second-order valence-corrected chi connectivity index (χ2v) is 5.77. The van der Waals surface area contributed by atoms with Gasteiger partial charge in [0.2, 0.25) is 0 Å². The number of methoxy groups -OCH3 is 1. The first-order chi connectivity index (χ1) is 9.77. The summed E-state index contributed by atoms with van der Waals surface area (Å²) in [5.74, 6) is -1.31. The molecule has 0 bridgehead atoms. The normalized spacial score (nSPS) is 23.2. The molecule has 1 fully saturated rings. The molecule has 1 aliphatic rings. The number of nitro benzene ring substituents is 1. The molecule has 2 unspecified atom stereocenters. The minimum atomic E-state index is -1.31. The lowest BCUT2D eigenvalue weighted by Gasteiger charge is -2.51. The molecule has 7 nitrogen and oxygen atoms in total. The predicted molar refractivity (Wildman–Crippen MR) is 76.7 cm³/mol. The number of nitrogens with one attached hydrogen (secondary N) is 1. The molecule has 21 heavy (non-hydrogen) atoms. The SMILES string of the molecule is COC1CC(Nc2ccc(C(=O)O)c([N+](=O)[O-])c2)C1(C)C. The van der Waals surface area contributed by atoms with E-state index in [0.29, 0.717) is 5.69 Å². The molecule has 0 aliphatic heterocycles. The lowest BCUT2D eigenvalue weighted by atomic mass is 9.64. The summed E-state index contributed by atoms with van der Waals surface area (Å²) in [6.07, 6.45) is 0.945. The second kappa shape index (κ2) is 5.33. The smallest absolute Gasteiger partial charge is 0.342 e. The van der Waals surface area contributed by atoms with Crippen molar-refractivity contribution in [3.05, 3.63) is 33.9 Å². The number of carboxylic acids is 1. The fourth-order valence-electron chi connectivity index (χ4n) is 2.68. The molecule has 2 atom stereocenters. The van der Waals surface area contributed by atoms with Gasteiger partial charge in [0, 0.05) is 30.3 Å². The lowest BCUT2D eigenvalue weighted by molar-refractivity contribution is -0.385. The maximum absolute atomic E-state index is 11.0. The van der Waals surface area contributed by atoms with Crippen LogP contribution in [0.5, 0.6) is 0 Å². The van der Waals surface area contributed by atoms with Crippen molar-refractivity contribution in [3.8, 4) is 0 Å². The monoisotopic (exact) mass is 294 g/mol. The summed E-state index contributed by atoms with van der Waals surface area (Å²) in [7, 11) is 1.66. The van der Waals surface area contributed by atoms with E-state index in [0.717, 1.165) is 6.42 Å². The Bertz CT molecular complexity index is 585. The maximum Gasteiger partial charge on any atom is 0.342 e. The van der Waals surface area contributed by atoms with E-state index >= 15 is 0 Å². The molecular weight excluding hydrogens is 276 g/mol. The van der Waals surface area contributed by atoms with Crippen LogP contribution in [-0.4, -0.2) is 35.3 Å². The highest BCUT2D eigenvalue weighted by Crippen LogP contribution is 2.44. The molecule has 2 rings (SSSR count). The van der Waals surface area contributed by atoms with Crippen molar-refractivity contribution < 1.29 is 19.6 Å². The van der Waals surface area contributed by atoms with Gasteiger partial charge in [-0.3, -0.25) is 10.1 Å². The topological polar surface area (TPSA) is 102 Å². The molecule has 0 radical (unpaired) electrons. The maximum atomic E-state index is 11.0. The Morgan fingerprint density at radius 1 is 1.52 bits per heavy atom. The summed E-state index contributed by atoms with van der Waals surface area (Å²) in [4.78, 5) is 21.3. The van der Waals surface area contributed by atoms with Gasteiger partial charge in [0.1, 0.15) is 5.56 Å². The van der Waals surface area contributed by atoms with Crippen molar-refractivity contribution in [1.29, 1.82) is 0 Å². The third-order valence-corrected chi connectivity index (χ3v) is 4.23. The van der Waals surface area contributed by atoms with Gasteiger partial charge in [-0.15, -0.1) is 0 Å². The van der Waals surface area contributed by atoms with E-state index in [1.807, 2.05) is 0 Å². The van der Waals surface area contributed by atoms with Gasteiger partial charge in [0.25, 0.3) is 5.69 Å². The minimum Gasteiger partial charge on any atom is -0.477 e. The number of aromatic carboxylic acids is 1. The van der Waals surface area contributed by atoms with Gasteiger partial charge in [-0.25, -0.2) is 4.79 Å². The Kier molecular flexibility index (Phi) is 3.87. The zero-order chi connectivity index (χ0) is 15.8. The second-order valence-electron chi connectivity index (χ2n) is 5.77. The van der Waals surface area contributed by atoms with Gasteiger partial charge in [-0.2, -0.15) is 0 Å². The standard InChI is InChI=1S/C14H18N2O5/c1-14(2)11(7-12(14)21-3)15-8-4-5-9(13(17)18)10(6-8)16(19)20/h4-6,11-12,15H,7H2,1-3H3,(H,17,18). The van der Waals surface area contributed by atoms with Gasteiger partial charge in [-0.05, 0) is 18.6 Å². The van der Waals surface area contributed by atoms with Gasteiger partial charge >= 0.3 is 5.97 Å². The van der Waals surface area contributed by atoms with Gasteiger partial charge < -0.3 is 15.2 Å². The van der Waals surface area contributed by atoms with E-state index in [2.05, 4.69) is 19.2 Å². The molecule has 0 saturated heterocycles.